The first-order chi connectivity index (χ1) is 11.1. The number of likely N-dealkylation sites (tertiary alicyclic amines) is 1. The SMILES string of the molecule is C[C@@H]1CCN(C(=O)CCc2cnccn2)[C@H]1c1cccc(F)c1. The molecule has 1 aromatic carbocycles. The van der Waals surface area contributed by atoms with Crippen molar-refractivity contribution in [1.29, 1.82) is 0 Å². The Labute approximate surface area is 135 Å². The highest BCUT2D eigenvalue weighted by molar-refractivity contribution is 5.77. The number of nitrogens with zero attached hydrogens (tertiary/aromatic N) is 3. The van der Waals surface area contributed by atoms with Crippen LogP contribution in [-0.2, 0) is 11.2 Å². The van der Waals surface area contributed by atoms with Crippen molar-refractivity contribution >= 4 is 5.91 Å². The van der Waals surface area contributed by atoms with Gasteiger partial charge in [-0.2, -0.15) is 0 Å². The van der Waals surface area contributed by atoms with Gasteiger partial charge >= 0.3 is 0 Å². The lowest BCUT2D eigenvalue weighted by atomic mass is 9.95. The van der Waals surface area contributed by atoms with Crippen LogP contribution in [0.25, 0.3) is 0 Å². The summed E-state index contributed by atoms with van der Waals surface area (Å²) in [5.74, 6) is 0.167. The maximum Gasteiger partial charge on any atom is 0.223 e. The van der Waals surface area contributed by atoms with Crippen molar-refractivity contribution in [2.45, 2.75) is 32.2 Å². The van der Waals surface area contributed by atoms with E-state index in [1.54, 1.807) is 24.7 Å². The summed E-state index contributed by atoms with van der Waals surface area (Å²) < 4.78 is 13.5. The van der Waals surface area contributed by atoms with Gasteiger partial charge in [-0.15, -0.1) is 0 Å². The fraction of sp³-hybridized carbons (Fsp3) is 0.389. The highest BCUT2D eigenvalue weighted by Crippen LogP contribution is 2.37. The highest BCUT2D eigenvalue weighted by atomic mass is 19.1. The quantitative estimate of drug-likeness (QED) is 0.871. The maximum atomic E-state index is 13.5. The summed E-state index contributed by atoms with van der Waals surface area (Å²) in [6.07, 6.45) is 6.85. The Balaban J connectivity index is 1.71. The number of amides is 1. The Kier molecular flexibility index (Phi) is 4.65. The first kappa shape index (κ1) is 15.6. The van der Waals surface area contributed by atoms with Crippen molar-refractivity contribution in [2.75, 3.05) is 6.54 Å². The number of aryl methyl sites for hydroxylation is 1. The van der Waals surface area contributed by atoms with E-state index in [4.69, 9.17) is 0 Å². The van der Waals surface area contributed by atoms with Gasteiger partial charge in [-0.25, -0.2) is 4.39 Å². The second-order valence-corrected chi connectivity index (χ2v) is 6.05. The average Bonchev–Trinajstić information content (AvgIpc) is 2.95. The van der Waals surface area contributed by atoms with Crippen molar-refractivity contribution in [3.05, 3.63) is 59.9 Å². The van der Waals surface area contributed by atoms with Crippen LogP contribution in [-0.4, -0.2) is 27.3 Å². The molecule has 1 amide bonds. The van der Waals surface area contributed by atoms with Crippen LogP contribution in [0.1, 0.15) is 37.1 Å². The van der Waals surface area contributed by atoms with Gasteiger partial charge in [0.25, 0.3) is 0 Å². The van der Waals surface area contributed by atoms with E-state index in [1.807, 2.05) is 11.0 Å². The van der Waals surface area contributed by atoms with E-state index in [2.05, 4.69) is 16.9 Å². The molecule has 4 nitrogen and oxygen atoms in total. The molecule has 1 aliphatic heterocycles. The van der Waals surface area contributed by atoms with E-state index in [1.165, 1.54) is 12.1 Å². The Hall–Kier alpha value is -2.30. The Bertz CT molecular complexity index is 677. The summed E-state index contributed by atoms with van der Waals surface area (Å²) >= 11 is 0. The van der Waals surface area contributed by atoms with Gasteiger partial charge in [0.05, 0.1) is 11.7 Å². The summed E-state index contributed by atoms with van der Waals surface area (Å²) in [6, 6.07) is 6.54. The van der Waals surface area contributed by atoms with E-state index in [0.717, 1.165) is 24.2 Å². The van der Waals surface area contributed by atoms with E-state index < -0.39 is 0 Å². The molecule has 1 saturated heterocycles. The van der Waals surface area contributed by atoms with Crippen LogP contribution < -0.4 is 0 Å². The zero-order valence-electron chi connectivity index (χ0n) is 13.2. The number of carbonyl (C=O) groups excluding carboxylic acids is 1. The predicted molar refractivity (Wildman–Crippen MR) is 85.0 cm³/mol. The van der Waals surface area contributed by atoms with Crippen LogP contribution in [0.5, 0.6) is 0 Å². The van der Waals surface area contributed by atoms with Crippen LogP contribution >= 0.6 is 0 Å². The highest BCUT2D eigenvalue weighted by Gasteiger charge is 2.35. The number of benzene rings is 1. The van der Waals surface area contributed by atoms with E-state index in [-0.39, 0.29) is 17.8 Å². The van der Waals surface area contributed by atoms with Crippen molar-refractivity contribution in [1.82, 2.24) is 14.9 Å². The second-order valence-electron chi connectivity index (χ2n) is 6.05. The van der Waals surface area contributed by atoms with Crippen LogP contribution in [0.4, 0.5) is 4.39 Å². The number of carbonyl (C=O) groups is 1. The number of halogens is 1. The van der Waals surface area contributed by atoms with Gasteiger partial charge in [0.15, 0.2) is 0 Å². The first-order valence-corrected chi connectivity index (χ1v) is 7.95. The molecule has 0 bridgehead atoms. The molecule has 1 aromatic heterocycles. The van der Waals surface area contributed by atoms with Crippen molar-refractivity contribution < 1.29 is 9.18 Å². The fourth-order valence-corrected chi connectivity index (χ4v) is 3.26. The Morgan fingerprint density at radius 3 is 3.00 bits per heavy atom. The minimum absolute atomic E-state index is 0.0416. The van der Waals surface area contributed by atoms with Gasteiger partial charge in [0.2, 0.25) is 5.91 Å². The summed E-state index contributed by atoms with van der Waals surface area (Å²) in [4.78, 5) is 22.7. The molecular weight excluding hydrogens is 293 g/mol. The van der Waals surface area contributed by atoms with E-state index >= 15 is 0 Å². The number of hydrogen-bond donors (Lipinski definition) is 0. The molecule has 1 fully saturated rings. The molecule has 0 saturated carbocycles. The van der Waals surface area contributed by atoms with Crippen LogP contribution in [0, 0.1) is 11.7 Å². The van der Waals surface area contributed by atoms with Gasteiger partial charge in [-0.05, 0) is 36.5 Å². The van der Waals surface area contributed by atoms with Gasteiger partial charge in [0.1, 0.15) is 5.82 Å². The predicted octanol–water partition coefficient (Wildman–Crippen LogP) is 3.16. The van der Waals surface area contributed by atoms with Gasteiger partial charge in [0, 0.05) is 31.6 Å². The summed E-state index contributed by atoms with van der Waals surface area (Å²) in [6.45, 7) is 2.84. The molecule has 0 unspecified atom stereocenters. The zero-order chi connectivity index (χ0) is 16.2. The van der Waals surface area contributed by atoms with Crippen LogP contribution in [0.15, 0.2) is 42.9 Å². The molecule has 1 aliphatic rings. The number of rotatable bonds is 4. The van der Waals surface area contributed by atoms with Gasteiger partial charge in [-0.1, -0.05) is 19.1 Å². The third-order valence-electron chi connectivity index (χ3n) is 4.42. The lowest BCUT2D eigenvalue weighted by Crippen LogP contribution is -2.32. The number of hydrogen-bond acceptors (Lipinski definition) is 3. The minimum atomic E-state index is -0.256. The molecule has 5 heteroatoms. The van der Waals surface area contributed by atoms with Crippen LogP contribution in [0.2, 0.25) is 0 Å². The molecule has 0 spiro atoms. The molecule has 23 heavy (non-hydrogen) atoms. The molecular formula is C18H20FN3O. The topological polar surface area (TPSA) is 46.1 Å². The van der Waals surface area contributed by atoms with Crippen molar-refractivity contribution in [3.8, 4) is 0 Å². The molecule has 3 rings (SSSR count). The molecule has 2 heterocycles. The molecule has 0 aliphatic carbocycles. The molecule has 120 valence electrons. The summed E-state index contributed by atoms with van der Waals surface area (Å²) in [5, 5.41) is 0. The fourth-order valence-electron chi connectivity index (χ4n) is 3.26. The van der Waals surface area contributed by atoms with E-state index in [9.17, 15) is 9.18 Å². The lowest BCUT2D eigenvalue weighted by Gasteiger charge is -2.27. The molecule has 2 atom stereocenters. The Morgan fingerprint density at radius 2 is 2.26 bits per heavy atom. The normalized spacial score (nSPS) is 20.7. The van der Waals surface area contributed by atoms with Crippen LogP contribution in [0.3, 0.4) is 0 Å². The lowest BCUT2D eigenvalue weighted by molar-refractivity contribution is -0.132. The minimum Gasteiger partial charge on any atom is -0.335 e. The van der Waals surface area contributed by atoms with E-state index in [0.29, 0.717) is 18.8 Å². The largest absolute Gasteiger partial charge is 0.335 e. The molecule has 0 radical (unpaired) electrons. The smallest absolute Gasteiger partial charge is 0.223 e. The number of aromatic nitrogens is 2. The zero-order valence-corrected chi connectivity index (χ0v) is 13.2. The monoisotopic (exact) mass is 313 g/mol. The molecule has 2 aromatic rings. The van der Waals surface area contributed by atoms with Crippen molar-refractivity contribution in [2.24, 2.45) is 5.92 Å². The standard InChI is InChI=1S/C18H20FN3O/c1-13-7-10-22(18(13)14-3-2-4-15(19)11-14)17(23)6-5-16-12-20-8-9-21-16/h2-4,8-9,11-13,18H,5-7,10H2,1H3/t13-,18-/m1/s1. The average molecular weight is 313 g/mol. The van der Waals surface area contributed by atoms with Gasteiger partial charge < -0.3 is 4.90 Å². The van der Waals surface area contributed by atoms with Crippen molar-refractivity contribution in [3.63, 3.8) is 0 Å². The summed E-state index contributed by atoms with van der Waals surface area (Å²) in [7, 11) is 0. The first-order valence-electron chi connectivity index (χ1n) is 7.95. The maximum absolute atomic E-state index is 13.5. The molecule has 0 N–H and O–H groups in total. The third kappa shape index (κ3) is 3.55. The Morgan fingerprint density at radius 1 is 1.39 bits per heavy atom. The summed E-state index contributed by atoms with van der Waals surface area (Å²) in [5.41, 5.74) is 1.69. The van der Waals surface area contributed by atoms with Gasteiger partial charge in [-0.3, -0.25) is 14.8 Å². The third-order valence-corrected chi connectivity index (χ3v) is 4.42. The second kappa shape index (κ2) is 6.86.